The summed E-state index contributed by atoms with van der Waals surface area (Å²) in [6, 6.07) is 0. The van der Waals surface area contributed by atoms with Gasteiger partial charge in [-0.15, -0.1) is 22.6 Å². The van der Waals surface area contributed by atoms with Crippen LogP contribution >= 0.6 is 44.2 Å². The summed E-state index contributed by atoms with van der Waals surface area (Å²) in [4.78, 5) is 0. The van der Waals surface area contributed by atoms with Crippen molar-refractivity contribution in [2.24, 2.45) is 0 Å². The Kier molecular flexibility index (Phi) is 5.67. The summed E-state index contributed by atoms with van der Waals surface area (Å²) in [7, 11) is 2.39. The molecule has 2 atom stereocenters. The quantitative estimate of drug-likeness (QED) is 0.583. The van der Waals surface area contributed by atoms with Gasteiger partial charge < -0.3 is 0 Å². The van der Waals surface area contributed by atoms with Crippen molar-refractivity contribution < 1.29 is 0 Å². The molecule has 11 heavy (non-hydrogen) atoms. The Morgan fingerprint density at radius 3 is 2.82 bits per heavy atom. The van der Waals surface area contributed by atoms with Crippen LogP contribution in [0.5, 0.6) is 0 Å². The highest BCUT2D eigenvalue weighted by atomic mass is 33.1. The molecule has 1 fully saturated rings. The lowest BCUT2D eigenvalue weighted by Gasteiger charge is -2.30. The fourth-order valence-electron chi connectivity index (χ4n) is 1.09. The first-order valence-electron chi connectivity index (χ1n) is 3.88. The van der Waals surface area contributed by atoms with Crippen LogP contribution in [-0.4, -0.2) is 33.8 Å². The number of hydrogen-bond acceptors (Lipinski definition) is 3. The summed E-state index contributed by atoms with van der Waals surface area (Å²) < 4.78 is 0.990. The average Bonchev–Trinajstić information content (AvgIpc) is 2.09. The molecule has 0 amide bonds. The van der Waals surface area contributed by atoms with Crippen LogP contribution in [0.25, 0.3) is 0 Å². The summed E-state index contributed by atoms with van der Waals surface area (Å²) in [6.07, 6.45) is 2.27. The molecule has 0 aromatic rings. The highest BCUT2D eigenvalue weighted by molar-refractivity contribution is 8.86. The number of thiol groups is 1. The lowest BCUT2D eigenvalue weighted by Crippen LogP contribution is -2.13. The smallest absolute Gasteiger partial charge is 0.0495 e. The largest absolute Gasteiger partial charge is 0.192 e. The van der Waals surface area contributed by atoms with Crippen molar-refractivity contribution in [2.75, 3.05) is 29.3 Å². The van der Waals surface area contributed by atoms with Crippen LogP contribution in [0.15, 0.2) is 0 Å². The van der Waals surface area contributed by atoms with E-state index >= 15 is 0 Å². The summed E-state index contributed by atoms with van der Waals surface area (Å²) in [6.45, 7) is 2.34. The average molecular weight is 228 g/mol. The van der Waals surface area contributed by atoms with Gasteiger partial charge >= 0.3 is 0 Å². The molecule has 0 N–H and O–H groups in total. The van der Waals surface area contributed by atoms with E-state index in [4.69, 9.17) is 0 Å². The van der Waals surface area contributed by atoms with Gasteiger partial charge in [0.2, 0.25) is 0 Å². The SMILES string of the molecule is CC[SH](SC)C1CSCCS1. The minimum atomic E-state index is 0.284. The van der Waals surface area contributed by atoms with Gasteiger partial charge in [-0.1, -0.05) is 6.92 Å². The molecular weight excluding hydrogens is 212 g/mol. The van der Waals surface area contributed by atoms with Crippen LogP contribution in [0.4, 0.5) is 0 Å². The Labute approximate surface area is 84.8 Å². The van der Waals surface area contributed by atoms with Crippen molar-refractivity contribution in [2.45, 2.75) is 11.5 Å². The highest BCUT2D eigenvalue weighted by Crippen LogP contribution is 2.50. The molecule has 0 radical (unpaired) electrons. The Morgan fingerprint density at radius 1 is 1.55 bits per heavy atom. The minimum absolute atomic E-state index is 0.284. The molecule has 1 rings (SSSR count). The summed E-state index contributed by atoms with van der Waals surface area (Å²) in [5.41, 5.74) is 0. The van der Waals surface area contributed by atoms with E-state index in [2.05, 4.69) is 47.5 Å². The van der Waals surface area contributed by atoms with Gasteiger partial charge in [0.05, 0.1) is 0 Å². The second-order valence-electron chi connectivity index (χ2n) is 2.32. The maximum Gasteiger partial charge on any atom is 0.0495 e. The van der Waals surface area contributed by atoms with Gasteiger partial charge in [-0.25, -0.2) is 0 Å². The standard InChI is InChI=1S/C7H16S4/c1-3-11(8-2)7-6-9-4-5-10-7/h7,11H,3-6H2,1-2H3. The summed E-state index contributed by atoms with van der Waals surface area (Å²) >= 11 is 4.35. The normalized spacial score (nSPS) is 30.0. The Hall–Kier alpha value is 1.40. The number of hydrogen-bond donors (Lipinski definition) is 1. The first kappa shape index (κ1) is 10.5. The molecule has 1 saturated heterocycles. The number of rotatable bonds is 3. The van der Waals surface area contributed by atoms with E-state index < -0.39 is 0 Å². The van der Waals surface area contributed by atoms with Crippen LogP contribution in [0.2, 0.25) is 0 Å². The molecule has 1 aliphatic heterocycles. The molecule has 0 nitrogen and oxygen atoms in total. The molecule has 1 heterocycles. The minimum Gasteiger partial charge on any atom is -0.192 e. The van der Waals surface area contributed by atoms with E-state index in [-0.39, 0.29) is 9.93 Å². The molecule has 0 aromatic carbocycles. The molecule has 68 valence electrons. The van der Waals surface area contributed by atoms with E-state index in [0.29, 0.717) is 0 Å². The lowest BCUT2D eigenvalue weighted by molar-refractivity contribution is 1.35. The van der Waals surface area contributed by atoms with Crippen molar-refractivity contribution in [1.29, 1.82) is 0 Å². The van der Waals surface area contributed by atoms with E-state index in [0.717, 1.165) is 4.58 Å². The van der Waals surface area contributed by atoms with Crippen LogP contribution in [0, 0.1) is 0 Å². The van der Waals surface area contributed by atoms with Crippen molar-refractivity contribution in [3.8, 4) is 0 Å². The fraction of sp³-hybridized carbons (Fsp3) is 1.00. The van der Waals surface area contributed by atoms with Crippen molar-refractivity contribution in [1.82, 2.24) is 0 Å². The lowest BCUT2D eigenvalue weighted by atomic mass is 10.9. The molecule has 0 bridgehead atoms. The molecule has 2 unspecified atom stereocenters. The number of thioether (sulfide) groups is 2. The highest BCUT2D eigenvalue weighted by Gasteiger charge is 2.19. The maximum absolute atomic E-state index is 2.34. The first-order chi connectivity index (χ1) is 5.38. The zero-order valence-electron chi connectivity index (χ0n) is 7.08. The molecule has 4 heteroatoms. The van der Waals surface area contributed by atoms with E-state index in [1.807, 2.05) is 0 Å². The predicted octanol–water partition coefficient (Wildman–Crippen LogP) is 3.09. The maximum atomic E-state index is 2.34. The molecule has 0 saturated carbocycles. The molecule has 0 spiro atoms. The zero-order chi connectivity index (χ0) is 8.10. The van der Waals surface area contributed by atoms with Crippen LogP contribution in [-0.2, 0) is 0 Å². The molecule has 1 aliphatic rings. The third kappa shape index (κ3) is 3.33. The van der Waals surface area contributed by atoms with Gasteiger partial charge in [0.25, 0.3) is 0 Å². The van der Waals surface area contributed by atoms with Crippen LogP contribution < -0.4 is 0 Å². The van der Waals surface area contributed by atoms with Crippen molar-refractivity contribution in [3.63, 3.8) is 0 Å². The van der Waals surface area contributed by atoms with Gasteiger partial charge in [-0.3, -0.25) is 0 Å². The predicted molar refractivity (Wildman–Crippen MR) is 66.6 cm³/mol. The molecule has 0 aromatic heterocycles. The van der Waals surface area contributed by atoms with E-state index in [1.165, 1.54) is 23.0 Å². The van der Waals surface area contributed by atoms with Gasteiger partial charge in [0.1, 0.15) is 0 Å². The van der Waals surface area contributed by atoms with Gasteiger partial charge in [-0.2, -0.15) is 21.7 Å². The fourth-order valence-corrected chi connectivity index (χ4v) is 9.92. The van der Waals surface area contributed by atoms with Gasteiger partial charge in [-0.05, 0) is 12.0 Å². The van der Waals surface area contributed by atoms with Gasteiger partial charge in [0.15, 0.2) is 0 Å². The van der Waals surface area contributed by atoms with E-state index in [1.54, 1.807) is 0 Å². The Morgan fingerprint density at radius 2 is 2.36 bits per heavy atom. The van der Waals surface area contributed by atoms with Crippen LogP contribution in [0.1, 0.15) is 6.92 Å². The van der Waals surface area contributed by atoms with Gasteiger partial charge in [0, 0.05) is 21.8 Å². The van der Waals surface area contributed by atoms with E-state index in [9.17, 15) is 0 Å². The molecule has 0 aliphatic carbocycles. The second-order valence-corrected chi connectivity index (χ2v) is 10.1. The van der Waals surface area contributed by atoms with Crippen molar-refractivity contribution in [3.05, 3.63) is 0 Å². The first-order valence-corrected chi connectivity index (χ1v) is 9.51. The molecular formula is C7H16S4. The second kappa shape index (κ2) is 5.95. The summed E-state index contributed by atoms with van der Waals surface area (Å²) in [5.74, 6) is 5.57. The van der Waals surface area contributed by atoms with Crippen molar-refractivity contribution >= 4 is 44.2 Å². The monoisotopic (exact) mass is 228 g/mol. The summed E-state index contributed by atoms with van der Waals surface area (Å²) in [5, 5.41) is 0. The third-order valence-corrected chi connectivity index (χ3v) is 10.9. The zero-order valence-corrected chi connectivity index (χ0v) is 10.4. The Balaban J connectivity index is 2.30. The topological polar surface area (TPSA) is 0 Å². The van der Waals surface area contributed by atoms with Crippen LogP contribution in [0.3, 0.4) is 0 Å². The Bertz CT molecular complexity index is 96.6. The third-order valence-electron chi connectivity index (χ3n) is 1.67.